The molecule has 0 atom stereocenters. The Bertz CT molecular complexity index is 371. The highest BCUT2D eigenvalue weighted by molar-refractivity contribution is 7.13. The average Bonchev–Trinajstić information content (AvgIpc) is 2.65. The minimum atomic E-state index is -0.355. The summed E-state index contributed by atoms with van der Waals surface area (Å²) in [7, 11) is 1.89. The van der Waals surface area contributed by atoms with E-state index in [1.165, 1.54) is 5.57 Å². The fraction of sp³-hybridized carbons (Fsp3) is 0.400. The van der Waals surface area contributed by atoms with E-state index in [4.69, 9.17) is 0 Å². The molecule has 0 amide bonds. The van der Waals surface area contributed by atoms with Crippen LogP contribution in [0.3, 0.4) is 0 Å². The first kappa shape index (κ1) is 11.9. The molecule has 5 heteroatoms. The van der Waals surface area contributed by atoms with Gasteiger partial charge in [-0.15, -0.1) is 0 Å². The van der Waals surface area contributed by atoms with Gasteiger partial charge in [0.25, 0.3) is 0 Å². The van der Waals surface area contributed by atoms with Crippen molar-refractivity contribution in [3.8, 4) is 0 Å². The molecule has 0 unspecified atom stereocenters. The minimum absolute atomic E-state index is 0.196. The first-order chi connectivity index (χ1) is 7.17. The molecule has 0 fully saturated rings. The third kappa shape index (κ3) is 3.45. The summed E-state index contributed by atoms with van der Waals surface area (Å²) in [4.78, 5) is 10.1. The van der Waals surface area contributed by atoms with Crippen LogP contribution in [0.4, 0.5) is 5.00 Å². The second-order valence-electron chi connectivity index (χ2n) is 3.16. The van der Waals surface area contributed by atoms with Gasteiger partial charge in [-0.25, -0.2) is 0 Å². The maximum Gasteiger partial charge on any atom is 0.324 e. The minimum Gasteiger partial charge on any atom is -0.316 e. The number of likely N-dealkylation sites (N-methyl/N-ethyl adjacent to an activating group) is 1. The predicted molar refractivity (Wildman–Crippen MR) is 63.2 cm³/mol. The Balaban J connectivity index is 2.82. The summed E-state index contributed by atoms with van der Waals surface area (Å²) in [6, 6.07) is 1.61. The van der Waals surface area contributed by atoms with E-state index in [1.54, 1.807) is 6.07 Å². The molecule has 15 heavy (non-hydrogen) atoms. The Morgan fingerprint density at radius 2 is 2.47 bits per heavy atom. The van der Waals surface area contributed by atoms with Crippen molar-refractivity contribution >= 4 is 22.4 Å². The maximum atomic E-state index is 10.5. The van der Waals surface area contributed by atoms with E-state index in [0.717, 1.165) is 29.9 Å². The maximum absolute atomic E-state index is 10.5. The standard InChI is InChI=1S/C10H14N2O2S/c1-3-8(6-11-2)4-9-5-10(12(13)14)15-7-9/h4-5,7,11H,3,6H2,1-2H3. The van der Waals surface area contributed by atoms with Crippen molar-refractivity contribution in [2.45, 2.75) is 13.3 Å². The van der Waals surface area contributed by atoms with Gasteiger partial charge in [0.2, 0.25) is 0 Å². The van der Waals surface area contributed by atoms with Crippen molar-refractivity contribution < 1.29 is 4.92 Å². The van der Waals surface area contributed by atoms with Crippen molar-refractivity contribution in [3.05, 3.63) is 32.7 Å². The van der Waals surface area contributed by atoms with E-state index in [2.05, 4.69) is 12.2 Å². The molecule has 0 spiro atoms. The van der Waals surface area contributed by atoms with E-state index in [0.29, 0.717) is 0 Å². The van der Waals surface area contributed by atoms with Gasteiger partial charge in [-0.2, -0.15) is 0 Å². The van der Waals surface area contributed by atoms with Gasteiger partial charge in [-0.3, -0.25) is 10.1 Å². The summed E-state index contributed by atoms with van der Waals surface area (Å²) in [5.74, 6) is 0. The zero-order valence-corrected chi connectivity index (χ0v) is 9.63. The molecule has 1 aromatic heterocycles. The average molecular weight is 226 g/mol. The number of hydrogen-bond acceptors (Lipinski definition) is 4. The normalized spacial score (nSPS) is 11.7. The fourth-order valence-electron chi connectivity index (χ4n) is 1.25. The van der Waals surface area contributed by atoms with Crippen LogP contribution in [0.2, 0.25) is 0 Å². The van der Waals surface area contributed by atoms with E-state index < -0.39 is 0 Å². The molecule has 0 aliphatic rings. The van der Waals surface area contributed by atoms with Crippen molar-refractivity contribution in [2.75, 3.05) is 13.6 Å². The molecular weight excluding hydrogens is 212 g/mol. The van der Waals surface area contributed by atoms with Crippen molar-refractivity contribution in [1.82, 2.24) is 5.32 Å². The molecule has 82 valence electrons. The summed E-state index contributed by atoms with van der Waals surface area (Å²) < 4.78 is 0. The van der Waals surface area contributed by atoms with E-state index >= 15 is 0 Å². The lowest BCUT2D eigenvalue weighted by molar-refractivity contribution is -0.380. The third-order valence-corrected chi connectivity index (χ3v) is 2.91. The third-order valence-electron chi connectivity index (χ3n) is 2.01. The van der Waals surface area contributed by atoms with Crippen LogP contribution >= 0.6 is 11.3 Å². The molecule has 0 aliphatic carbocycles. The van der Waals surface area contributed by atoms with Crippen LogP contribution in [-0.2, 0) is 0 Å². The molecule has 0 aromatic carbocycles. The highest BCUT2D eigenvalue weighted by atomic mass is 32.1. The van der Waals surface area contributed by atoms with Crippen LogP contribution in [0, 0.1) is 10.1 Å². The molecule has 0 bridgehead atoms. The zero-order chi connectivity index (χ0) is 11.3. The molecular formula is C10H14N2O2S. The first-order valence-corrected chi connectivity index (χ1v) is 5.62. The highest BCUT2D eigenvalue weighted by Gasteiger charge is 2.08. The van der Waals surface area contributed by atoms with Crippen LogP contribution in [0.15, 0.2) is 17.0 Å². The Hall–Kier alpha value is -1.20. The van der Waals surface area contributed by atoms with Crippen LogP contribution < -0.4 is 5.32 Å². The smallest absolute Gasteiger partial charge is 0.316 e. The second kappa shape index (κ2) is 5.63. The van der Waals surface area contributed by atoms with Crippen LogP contribution in [0.1, 0.15) is 18.9 Å². The van der Waals surface area contributed by atoms with E-state index in [9.17, 15) is 10.1 Å². The first-order valence-electron chi connectivity index (χ1n) is 4.74. The fourth-order valence-corrected chi connectivity index (χ4v) is 1.93. The van der Waals surface area contributed by atoms with Crippen LogP contribution in [0.5, 0.6) is 0 Å². The molecule has 0 radical (unpaired) electrons. The lowest BCUT2D eigenvalue weighted by Crippen LogP contribution is -2.09. The molecule has 1 rings (SSSR count). The number of hydrogen-bond donors (Lipinski definition) is 1. The number of thiophene rings is 1. The van der Waals surface area contributed by atoms with E-state index in [-0.39, 0.29) is 9.92 Å². The van der Waals surface area contributed by atoms with Gasteiger partial charge in [-0.1, -0.05) is 29.9 Å². The summed E-state index contributed by atoms with van der Waals surface area (Å²) >= 11 is 1.16. The van der Waals surface area contributed by atoms with Crippen LogP contribution in [0.25, 0.3) is 6.08 Å². The Labute approximate surface area is 92.8 Å². The number of nitrogens with one attached hydrogen (secondary N) is 1. The predicted octanol–water partition coefficient (Wildman–Crippen LogP) is 2.67. The van der Waals surface area contributed by atoms with Gasteiger partial charge < -0.3 is 5.32 Å². The van der Waals surface area contributed by atoms with Gasteiger partial charge in [0, 0.05) is 18.0 Å². The van der Waals surface area contributed by atoms with Crippen molar-refractivity contribution in [3.63, 3.8) is 0 Å². The lowest BCUT2D eigenvalue weighted by atomic mass is 10.1. The van der Waals surface area contributed by atoms with Gasteiger partial charge in [0.05, 0.1) is 4.92 Å². The summed E-state index contributed by atoms with van der Waals surface area (Å²) in [5, 5.41) is 15.6. The number of nitro groups is 1. The number of nitrogens with zero attached hydrogens (tertiary/aromatic N) is 1. The molecule has 0 aliphatic heterocycles. The van der Waals surface area contributed by atoms with Crippen LogP contribution in [-0.4, -0.2) is 18.5 Å². The van der Waals surface area contributed by atoms with Crippen molar-refractivity contribution in [1.29, 1.82) is 0 Å². The second-order valence-corrected chi connectivity index (χ2v) is 4.05. The van der Waals surface area contributed by atoms with Gasteiger partial charge >= 0.3 is 5.00 Å². The van der Waals surface area contributed by atoms with Gasteiger partial charge in [-0.05, 0) is 19.0 Å². The monoisotopic (exact) mass is 226 g/mol. The van der Waals surface area contributed by atoms with Gasteiger partial charge in [0.15, 0.2) is 0 Å². The molecule has 1 N–H and O–H groups in total. The SMILES string of the molecule is CCC(=Cc1csc([N+](=O)[O-])c1)CNC. The Morgan fingerprint density at radius 1 is 1.73 bits per heavy atom. The molecule has 1 aromatic rings. The Kier molecular flexibility index (Phi) is 4.45. The highest BCUT2D eigenvalue weighted by Crippen LogP contribution is 2.24. The molecule has 4 nitrogen and oxygen atoms in total. The largest absolute Gasteiger partial charge is 0.324 e. The lowest BCUT2D eigenvalue weighted by Gasteiger charge is -2.01. The molecule has 1 heterocycles. The van der Waals surface area contributed by atoms with Crippen molar-refractivity contribution in [2.24, 2.45) is 0 Å². The zero-order valence-electron chi connectivity index (χ0n) is 8.82. The topological polar surface area (TPSA) is 55.2 Å². The molecule has 0 saturated carbocycles. The molecule has 0 saturated heterocycles. The van der Waals surface area contributed by atoms with Gasteiger partial charge in [0.1, 0.15) is 0 Å². The van der Waals surface area contributed by atoms with E-state index in [1.807, 2.05) is 18.5 Å². The number of rotatable bonds is 5. The quantitative estimate of drug-likeness (QED) is 0.620. The Morgan fingerprint density at radius 3 is 2.93 bits per heavy atom. The summed E-state index contributed by atoms with van der Waals surface area (Å²) in [6.07, 6.45) is 2.95. The summed E-state index contributed by atoms with van der Waals surface area (Å²) in [5.41, 5.74) is 2.16. The summed E-state index contributed by atoms with van der Waals surface area (Å²) in [6.45, 7) is 2.89.